The third-order valence-electron chi connectivity index (χ3n) is 1.87. The third kappa shape index (κ3) is 1.68. The molecule has 60 valence electrons. The van der Waals surface area contributed by atoms with Crippen molar-refractivity contribution in [1.29, 1.82) is 0 Å². The minimum atomic E-state index is -0.276. The molecule has 0 unspecified atom stereocenters. The predicted molar refractivity (Wildman–Crippen MR) is 43.3 cm³/mol. The molecule has 4 nitrogen and oxygen atoms in total. The van der Waals surface area contributed by atoms with Gasteiger partial charge < -0.3 is 0 Å². The van der Waals surface area contributed by atoms with Crippen LogP contribution in [0.5, 0.6) is 0 Å². The maximum absolute atomic E-state index is 5.55. The van der Waals surface area contributed by atoms with Crippen LogP contribution in [0.4, 0.5) is 0 Å². The Hall–Kier alpha value is -0.610. The highest BCUT2D eigenvalue weighted by Crippen LogP contribution is 2.12. The number of hydrogen-bond donors (Lipinski definition) is 1. The van der Waals surface area contributed by atoms with Gasteiger partial charge in [-0.05, 0) is 13.8 Å². The van der Waals surface area contributed by atoms with Crippen LogP contribution in [0.2, 0.25) is 0 Å². The Morgan fingerprint density at radius 1 is 1.40 bits per heavy atom. The summed E-state index contributed by atoms with van der Waals surface area (Å²) in [5.74, 6) is 5.55. The Kier molecular flexibility index (Phi) is 2.80. The highest BCUT2D eigenvalue weighted by atomic mass is 15.6. The van der Waals surface area contributed by atoms with Crippen LogP contribution in [0.15, 0.2) is 5.10 Å². The van der Waals surface area contributed by atoms with Crippen molar-refractivity contribution in [3.05, 3.63) is 0 Å². The van der Waals surface area contributed by atoms with Crippen molar-refractivity contribution in [2.75, 3.05) is 14.1 Å². The Bertz CT molecular complexity index is 119. The van der Waals surface area contributed by atoms with Crippen molar-refractivity contribution in [1.82, 2.24) is 10.0 Å². The van der Waals surface area contributed by atoms with Gasteiger partial charge in [-0.3, -0.25) is 10.9 Å². The van der Waals surface area contributed by atoms with Crippen molar-refractivity contribution in [3.8, 4) is 0 Å². The van der Waals surface area contributed by atoms with Gasteiger partial charge >= 0.3 is 0 Å². The molecular weight excluding hydrogens is 128 g/mol. The molecule has 0 aliphatic carbocycles. The molecule has 0 saturated heterocycles. The van der Waals surface area contributed by atoms with E-state index in [4.69, 9.17) is 5.84 Å². The fraction of sp³-hybridized carbons (Fsp3) is 0.833. The van der Waals surface area contributed by atoms with Crippen molar-refractivity contribution < 1.29 is 0 Å². The highest BCUT2D eigenvalue weighted by molar-refractivity contribution is 5.22. The normalized spacial score (nSPS) is 11.8. The number of rotatable bonds is 3. The van der Waals surface area contributed by atoms with Crippen LogP contribution >= 0.6 is 0 Å². The Balaban J connectivity index is 4.22. The van der Waals surface area contributed by atoms with Gasteiger partial charge in [-0.2, -0.15) is 5.10 Å². The summed E-state index contributed by atoms with van der Waals surface area (Å²) in [5, 5.41) is 7.03. The summed E-state index contributed by atoms with van der Waals surface area (Å²) in [7, 11) is 3.62. The first kappa shape index (κ1) is 9.39. The van der Waals surface area contributed by atoms with Gasteiger partial charge in [0.2, 0.25) is 0 Å². The Morgan fingerprint density at radius 2 is 1.80 bits per heavy atom. The molecule has 0 amide bonds. The number of hydrazine groups is 1. The van der Waals surface area contributed by atoms with Gasteiger partial charge in [0.05, 0.1) is 0 Å². The van der Waals surface area contributed by atoms with Gasteiger partial charge in [0.15, 0.2) is 0 Å². The molecule has 0 saturated carbocycles. The van der Waals surface area contributed by atoms with Crippen LogP contribution in [0.1, 0.15) is 13.8 Å². The summed E-state index contributed by atoms with van der Waals surface area (Å²) >= 11 is 0. The quantitative estimate of drug-likeness (QED) is 0.264. The number of hydrogen-bond acceptors (Lipinski definition) is 4. The summed E-state index contributed by atoms with van der Waals surface area (Å²) in [6.07, 6.45) is 0. The van der Waals surface area contributed by atoms with Crippen molar-refractivity contribution >= 4 is 6.72 Å². The van der Waals surface area contributed by atoms with Crippen LogP contribution in [0, 0.1) is 0 Å². The smallest absolute Gasteiger partial charge is 0.116 e. The zero-order valence-corrected chi connectivity index (χ0v) is 7.13. The molecule has 0 aromatic heterocycles. The monoisotopic (exact) mass is 144 g/mol. The molecule has 10 heavy (non-hydrogen) atoms. The lowest BCUT2D eigenvalue weighted by Gasteiger charge is -2.38. The fourth-order valence-electron chi connectivity index (χ4n) is 0.401. The molecule has 0 spiro atoms. The molecule has 0 atom stereocenters. The number of hydrazone groups is 1. The van der Waals surface area contributed by atoms with E-state index in [1.165, 1.54) is 0 Å². The Morgan fingerprint density at radius 3 is 1.90 bits per heavy atom. The summed E-state index contributed by atoms with van der Waals surface area (Å²) in [6.45, 7) is 7.32. The minimum absolute atomic E-state index is 0.276. The molecule has 0 fully saturated rings. The van der Waals surface area contributed by atoms with E-state index >= 15 is 0 Å². The molecule has 0 aromatic rings. The first-order valence-electron chi connectivity index (χ1n) is 3.12. The Labute approximate surface area is 62.3 Å². The first-order valence-corrected chi connectivity index (χ1v) is 3.12. The molecule has 0 aliphatic heterocycles. The van der Waals surface area contributed by atoms with Crippen molar-refractivity contribution in [3.63, 3.8) is 0 Å². The van der Waals surface area contributed by atoms with E-state index in [0.29, 0.717) is 0 Å². The first-order chi connectivity index (χ1) is 4.42. The molecule has 0 aliphatic rings. The van der Waals surface area contributed by atoms with Crippen LogP contribution in [-0.4, -0.2) is 36.5 Å². The van der Waals surface area contributed by atoms with Gasteiger partial charge in [0.1, 0.15) is 5.66 Å². The van der Waals surface area contributed by atoms with E-state index in [1.807, 2.05) is 20.9 Å². The molecule has 4 heteroatoms. The largest absolute Gasteiger partial charge is 0.280 e. The molecular formula is C6H16N4. The zero-order valence-electron chi connectivity index (χ0n) is 7.13. The zero-order chi connectivity index (χ0) is 8.36. The van der Waals surface area contributed by atoms with Crippen LogP contribution < -0.4 is 5.84 Å². The number of nitrogens with two attached hydrogens (primary N) is 1. The van der Waals surface area contributed by atoms with Crippen LogP contribution in [0.3, 0.4) is 0 Å². The van der Waals surface area contributed by atoms with E-state index < -0.39 is 0 Å². The van der Waals surface area contributed by atoms with Gasteiger partial charge in [-0.25, -0.2) is 5.01 Å². The lowest BCUT2D eigenvalue weighted by Crippen LogP contribution is -2.54. The van der Waals surface area contributed by atoms with E-state index in [1.54, 1.807) is 17.1 Å². The van der Waals surface area contributed by atoms with E-state index in [2.05, 4.69) is 11.8 Å². The average Bonchev–Trinajstić information content (AvgIpc) is 1.86. The van der Waals surface area contributed by atoms with Gasteiger partial charge in [-0.15, -0.1) is 0 Å². The van der Waals surface area contributed by atoms with Gasteiger partial charge in [-0.1, -0.05) is 0 Å². The SMILES string of the molecule is C=NN(C)C(C)(C)N(C)N. The molecule has 0 radical (unpaired) electrons. The summed E-state index contributed by atoms with van der Waals surface area (Å²) in [4.78, 5) is 0. The number of nitrogens with zero attached hydrogens (tertiary/aromatic N) is 3. The van der Waals surface area contributed by atoms with Crippen LogP contribution in [-0.2, 0) is 0 Å². The summed E-state index contributed by atoms with van der Waals surface area (Å²) in [5.41, 5.74) is -0.276. The predicted octanol–water partition coefficient (Wildman–Crippen LogP) is 0.0754. The molecule has 0 heterocycles. The maximum Gasteiger partial charge on any atom is 0.116 e. The maximum atomic E-state index is 5.55. The van der Waals surface area contributed by atoms with E-state index in [0.717, 1.165) is 0 Å². The summed E-state index contributed by atoms with van der Waals surface area (Å²) in [6, 6.07) is 0. The molecule has 0 bridgehead atoms. The molecule has 2 N–H and O–H groups in total. The topological polar surface area (TPSA) is 44.9 Å². The highest BCUT2D eigenvalue weighted by Gasteiger charge is 2.24. The van der Waals surface area contributed by atoms with Crippen molar-refractivity contribution in [2.24, 2.45) is 10.9 Å². The van der Waals surface area contributed by atoms with Crippen LogP contribution in [0.25, 0.3) is 0 Å². The standard InChI is InChI=1S/C6H16N4/c1-6(2,9(4)7)10(5)8-3/h3,7H2,1-2,4-5H3. The molecule has 0 aromatic carbocycles. The minimum Gasteiger partial charge on any atom is -0.280 e. The second-order valence-electron chi connectivity index (χ2n) is 2.77. The lowest BCUT2D eigenvalue weighted by molar-refractivity contribution is 0.00357. The van der Waals surface area contributed by atoms with Gasteiger partial charge in [0, 0.05) is 20.8 Å². The van der Waals surface area contributed by atoms with Gasteiger partial charge in [0.25, 0.3) is 0 Å². The van der Waals surface area contributed by atoms with E-state index in [-0.39, 0.29) is 5.66 Å². The molecule has 0 rings (SSSR count). The second kappa shape index (κ2) is 2.98. The summed E-state index contributed by atoms with van der Waals surface area (Å²) < 4.78 is 0. The second-order valence-corrected chi connectivity index (χ2v) is 2.77. The average molecular weight is 144 g/mol. The lowest BCUT2D eigenvalue weighted by atomic mass is 10.2. The van der Waals surface area contributed by atoms with Crippen molar-refractivity contribution in [2.45, 2.75) is 19.5 Å². The fourth-order valence-corrected chi connectivity index (χ4v) is 0.401. The third-order valence-corrected chi connectivity index (χ3v) is 1.87. The van der Waals surface area contributed by atoms with E-state index in [9.17, 15) is 0 Å².